The van der Waals surface area contributed by atoms with Gasteiger partial charge in [-0.25, -0.2) is 0 Å². The van der Waals surface area contributed by atoms with E-state index in [1.807, 2.05) is 7.05 Å². The number of likely N-dealkylation sites (tertiary alicyclic amines) is 1. The lowest BCUT2D eigenvalue weighted by molar-refractivity contribution is -0.129. The van der Waals surface area contributed by atoms with Crippen molar-refractivity contribution in [1.82, 2.24) is 4.90 Å². The highest BCUT2D eigenvalue weighted by Crippen LogP contribution is 2.29. The Morgan fingerprint density at radius 1 is 1.58 bits per heavy atom. The van der Waals surface area contributed by atoms with Crippen LogP contribution in [0.4, 0.5) is 0 Å². The smallest absolute Gasteiger partial charge is 0.222 e. The Bertz CT molecular complexity index is 181. The summed E-state index contributed by atoms with van der Waals surface area (Å²) in [6.07, 6.45) is 2.63. The van der Waals surface area contributed by atoms with Gasteiger partial charge in [-0.05, 0) is 24.8 Å². The lowest BCUT2D eigenvalue weighted by Gasteiger charge is -2.25. The second-order valence-corrected chi connectivity index (χ2v) is 4.08. The molecule has 0 aliphatic carbocycles. The first kappa shape index (κ1) is 9.52. The van der Waals surface area contributed by atoms with E-state index in [4.69, 9.17) is 5.73 Å². The third-order valence-corrected chi connectivity index (χ3v) is 2.91. The quantitative estimate of drug-likeness (QED) is 0.626. The Morgan fingerprint density at radius 2 is 2.25 bits per heavy atom. The molecule has 1 heterocycles. The van der Waals surface area contributed by atoms with Gasteiger partial charge in [-0.2, -0.15) is 0 Å². The topological polar surface area (TPSA) is 46.3 Å². The normalized spacial score (nSPS) is 31.9. The summed E-state index contributed by atoms with van der Waals surface area (Å²) in [6.45, 7) is 3.71. The minimum atomic E-state index is 0.181. The first-order valence-electron chi connectivity index (χ1n) is 4.51. The summed E-state index contributed by atoms with van der Waals surface area (Å²) in [4.78, 5) is 13.1. The van der Waals surface area contributed by atoms with Crippen LogP contribution in [-0.4, -0.2) is 30.9 Å². The minimum absolute atomic E-state index is 0.181. The van der Waals surface area contributed by atoms with Crippen molar-refractivity contribution < 1.29 is 4.79 Å². The van der Waals surface area contributed by atoms with Gasteiger partial charge in [0.1, 0.15) is 0 Å². The van der Waals surface area contributed by atoms with E-state index in [9.17, 15) is 4.79 Å². The maximum Gasteiger partial charge on any atom is 0.222 e. The second kappa shape index (κ2) is 3.44. The van der Waals surface area contributed by atoms with Crippen molar-refractivity contribution in [3.63, 3.8) is 0 Å². The molecule has 1 aliphatic heterocycles. The molecule has 1 saturated heterocycles. The molecule has 1 rings (SSSR count). The van der Waals surface area contributed by atoms with Crippen molar-refractivity contribution in [1.29, 1.82) is 0 Å². The summed E-state index contributed by atoms with van der Waals surface area (Å²) in [5.41, 5.74) is 5.85. The Kier molecular flexibility index (Phi) is 2.73. The number of rotatable bonds is 1. The number of hydrogen-bond acceptors (Lipinski definition) is 2. The highest BCUT2D eigenvalue weighted by molar-refractivity contribution is 5.76. The second-order valence-electron chi connectivity index (χ2n) is 4.08. The van der Waals surface area contributed by atoms with E-state index in [0.717, 1.165) is 19.4 Å². The molecule has 0 aromatic carbocycles. The van der Waals surface area contributed by atoms with Crippen LogP contribution < -0.4 is 5.73 Å². The molecule has 0 bridgehead atoms. The molecule has 1 fully saturated rings. The molecule has 2 N–H and O–H groups in total. The molecule has 70 valence electrons. The summed E-state index contributed by atoms with van der Waals surface area (Å²) >= 11 is 0. The van der Waals surface area contributed by atoms with Crippen molar-refractivity contribution in [2.24, 2.45) is 11.1 Å². The van der Waals surface area contributed by atoms with E-state index in [1.54, 1.807) is 4.90 Å². The van der Waals surface area contributed by atoms with Crippen molar-refractivity contribution >= 4 is 5.91 Å². The minimum Gasteiger partial charge on any atom is -0.346 e. The van der Waals surface area contributed by atoms with Gasteiger partial charge in [0, 0.05) is 20.0 Å². The third-order valence-electron chi connectivity index (χ3n) is 2.91. The Hall–Kier alpha value is -0.570. The van der Waals surface area contributed by atoms with E-state index < -0.39 is 0 Å². The van der Waals surface area contributed by atoms with Gasteiger partial charge in [-0.3, -0.25) is 4.79 Å². The van der Waals surface area contributed by atoms with E-state index in [2.05, 4.69) is 6.92 Å². The van der Waals surface area contributed by atoms with Crippen LogP contribution in [0, 0.1) is 5.41 Å². The summed E-state index contributed by atoms with van der Waals surface area (Å²) < 4.78 is 0. The van der Waals surface area contributed by atoms with Crippen LogP contribution in [-0.2, 0) is 4.79 Å². The van der Waals surface area contributed by atoms with E-state index in [-0.39, 0.29) is 11.3 Å². The van der Waals surface area contributed by atoms with Gasteiger partial charge in [0.25, 0.3) is 0 Å². The molecule has 3 heteroatoms. The molecule has 3 nitrogen and oxygen atoms in total. The number of carbonyl (C=O) groups is 1. The fraction of sp³-hybridized carbons (Fsp3) is 0.889. The number of nitrogens with two attached hydrogens (primary N) is 1. The molecular formula is C9H18N2O. The van der Waals surface area contributed by atoms with Gasteiger partial charge >= 0.3 is 0 Å². The van der Waals surface area contributed by atoms with Gasteiger partial charge in [-0.15, -0.1) is 0 Å². The van der Waals surface area contributed by atoms with Crippen LogP contribution in [0.5, 0.6) is 0 Å². The molecule has 12 heavy (non-hydrogen) atoms. The summed E-state index contributed by atoms with van der Waals surface area (Å²) in [7, 11) is 1.87. The molecule has 0 aromatic heterocycles. The van der Waals surface area contributed by atoms with Crippen molar-refractivity contribution in [3.8, 4) is 0 Å². The van der Waals surface area contributed by atoms with E-state index in [1.165, 1.54) is 0 Å². The zero-order valence-corrected chi connectivity index (χ0v) is 7.97. The highest BCUT2D eigenvalue weighted by atomic mass is 16.2. The van der Waals surface area contributed by atoms with Gasteiger partial charge < -0.3 is 10.6 Å². The first-order chi connectivity index (χ1) is 5.57. The SMILES string of the molecule is CN1CCC(C)(CN)CCC1=O. The molecule has 1 unspecified atom stereocenters. The van der Waals surface area contributed by atoms with Crippen LogP contribution in [0.3, 0.4) is 0 Å². The molecule has 1 aliphatic rings. The predicted molar refractivity (Wildman–Crippen MR) is 48.6 cm³/mol. The Morgan fingerprint density at radius 3 is 2.83 bits per heavy atom. The zero-order chi connectivity index (χ0) is 9.19. The van der Waals surface area contributed by atoms with Gasteiger partial charge in [-0.1, -0.05) is 6.92 Å². The van der Waals surface area contributed by atoms with Crippen LogP contribution in [0.1, 0.15) is 26.2 Å². The molecule has 0 saturated carbocycles. The van der Waals surface area contributed by atoms with Crippen LogP contribution >= 0.6 is 0 Å². The number of hydrogen-bond donors (Lipinski definition) is 1. The monoisotopic (exact) mass is 170 g/mol. The maximum atomic E-state index is 11.3. The largest absolute Gasteiger partial charge is 0.346 e. The zero-order valence-electron chi connectivity index (χ0n) is 7.97. The third kappa shape index (κ3) is 1.97. The molecule has 1 amide bonds. The molecule has 0 radical (unpaired) electrons. The predicted octanol–water partition coefficient (Wildman–Crippen LogP) is 0.594. The summed E-state index contributed by atoms with van der Waals surface area (Å²) in [5, 5.41) is 0. The highest BCUT2D eigenvalue weighted by Gasteiger charge is 2.28. The standard InChI is InChI=1S/C9H18N2O/c1-9(7-10)4-3-8(12)11(2)6-5-9/h3-7,10H2,1-2H3. The van der Waals surface area contributed by atoms with E-state index in [0.29, 0.717) is 13.0 Å². The van der Waals surface area contributed by atoms with Gasteiger partial charge in [0.05, 0.1) is 0 Å². The van der Waals surface area contributed by atoms with Crippen molar-refractivity contribution in [2.45, 2.75) is 26.2 Å². The van der Waals surface area contributed by atoms with Crippen LogP contribution in [0.25, 0.3) is 0 Å². The molecule has 1 atom stereocenters. The number of nitrogens with zero attached hydrogens (tertiary/aromatic N) is 1. The molecular weight excluding hydrogens is 152 g/mol. The van der Waals surface area contributed by atoms with Crippen LogP contribution in [0.2, 0.25) is 0 Å². The van der Waals surface area contributed by atoms with Gasteiger partial charge in [0.2, 0.25) is 5.91 Å². The van der Waals surface area contributed by atoms with Crippen molar-refractivity contribution in [3.05, 3.63) is 0 Å². The number of carbonyl (C=O) groups excluding carboxylic acids is 1. The van der Waals surface area contributed by atoms with Crippen LogP contribution in [0.15, 0.2) is 0 Å². The summed E-state index contributed by atoms with van der Waals surface area (Å²) in [6, 6.07) is 0. The molecule has 0 aromatic rings. The Labute approximate surface area is 73.9 Å². The Balaban J connectivity index is 2.60. The summed E-state index contributed by atoms with van der Waals surface area (Å²) in [5.74, 6) is 0.257. The fourth-order valence-corrected chi connectivity index (χ4v) is 1.49. The van der Waals surface area contributed by atoms with Crippen molar-refractivity contribution in [2.75, 3.05) is 20.1 Å². The van der Waals surface area contributed by atoms with Gasteiger partial charge in [0.15, 0.2) is 0 Å². The molecule has 0 spiro atoms. The number of amides is 1. The fourth-order valence-electron chi connectivity index (χ4n) is 1.49. The first-order valence-corrected chi connectivity index (χ1v) is 4.51. The average Bonchev–Trinajstić information content (AvgIpc) is 2.20. The van der Waals surface area contributed by atoms with E-state index >= 15 is 0 Å². The lowest BCUT2D eigenvalue weighted by atomic mass is 9.83. The lowest BCUT2D eigenvalue weighted by Crippen LogP contribution is -2.29. The maximum absolute atomic E-state index is 11.3. The average molecular weight is 170 g/mol.